The van der Waals surface area contributed by atoms with Crippen LogP contribution < -0.4 is 5.56 Å². The van der Waals surface area contributed by atoms with E-state index in [4.69, 9.17) is 0 Å². The molecule has 31 heavy (non-hydrogen) atoms. The highest BCUT2D eigenvalue weighted by atomic mass is 19.1. The summed E-state index contributed by atoms with van der Waals surface area (Å²) in [6.45, 7) is 6.75. The molecule has 1 aliphatic carbocycles. The van der Waals surface area contributed by atoms with Gasteiger partial charge in [0.2, 0.25) is 5.75 Å². The number of fused-ring (bicyclic) bond motifs is 1. The lowest BCUT2D eigenvalue weighted by Crippen LogP contribution is -2.46. The Morgan fingerprint density at radius 3 is 2.55 bits per heavy atom. The van der Waals surface area contributed by atoms with Crippen molar-refractivity contribution in [3.05, 3.63) is 57.0 Å². The van der Waals surface area contributed by atoms with Crippen molar-refractivity contribution in [2.24, 2.45) is 0 Å². The summed E-state index contributed by atoms with van der Waals surface area (Å²) in [6, 6.07) is 5.30. The first-order valence-electron chi connectivity index (χ1n) is 11.2. The van der Waals surface area contributed by atoms with Crippen molar-refractivity contribution in [3.8, 4) is 5.75 Å². The van der Waals surface area contributed by atoms with E-state index in [0.29, 0.717) is 37.3 Å². The lowest BCUT2D eigenvalue weighted by atomic mass is 9.75. The highest BCUT2D eigenvalue weighted by Gasteiger charge is 2.39. The molecular formula is C24H30FN3O3. The Bertz CT molecular complexity index is 1070. The van der Waals surface area contributed by atoms with E-state index in [2.05, 4.69) is 4.98 Å². The van der Waals surface area contributed by atoms with Crippen LogP contribution in [0.3, 0.4) is 0 Å². The number of aromatic nitrogens is 2. The van der Waals surface area contributed by atoms with Crippen LogP contribution in [0.2, 0.25) is 0 Å². The van der Waals surface area contributed by atoms with E-state index < -0.39 is 11.3 Å². The van der Waals surface area contributed by atoms with Gasteiger partial charge in [-0.3, -0.25) is 9.59 Å². The summed E-state index contributed by atoms with van der Waals surface area (Å²) < 4.78 is 15.9. The molecular weight excluding hydrogens is 397 g/mol. The molecule has 0 radical (unpaired) electrons. The third kappa shape index (κ3) is 3.64. The number of amides is 1. The predicted molar refractivity (Wildman–Crippen MR) is 116 cm³/mol. The summed E-state index contributed by atoms with van der Waals surface area (Å²) in [5.74, 6) is -0.585. The average Bonchev–Trinajstić information content (AvgIpc) is 3.21. The number of carbonyl (C=O) groups is 1. The molecule has 2 heterocycles. The van der Waals surface area contributed by atoms with Crippen molar-refractivity contribution in [1.82, 2.24) is 14.5 Å². The highest BCUT2D eigenvalue weighted by molar-refractivity contribution is 5.95. The molecule has 0 spiro atoms. The monoisotopic (exact) mass is 427 g/mol. The Kier molecular flexibility index (Phi) is 5.62. The van der Waals surface area contributed by atoms with Crippen molar-refractivity contribution in [1.29, 1.82) is 0 Å². The fraction of sp³-hybridized carbons (Fsp3) is 0.542. The first-order valence-corrected chi connectivity index (χ1v) is 11.2. The van der Waals surface area contributed by atoms with Gasteiger partial charge in [-0.1, -0.05) is 31.9 Å². The number of halogens is 1. The van der Waals surface area contributed by atoms with Crippen LogP contribution in [-0.4, -0.2) is 38.1 Å². The zero-order valence-corrected chi connectivity index (χ0v) is 18.4. The number of hydrogen-bond donors (Lipinski definition) is 1. The van der Waals surface area contributed by atoms with E-state index in [9.17, 15) is 19.1 Å². The van der Waals surface area contributed by atoms with Crippen LogP contribution in [0, 0.1) is 5.82 Å². The van der Waals surface area contributed by atoms with Crippen LogP contribution in [0.25, 0.3) is 0 Å². The molecule has 2 aliphatic rings. The molecule has 0 saturated heterocycles. The summed E-state index contributed by atoms with van der Waals surface area (Å²) in [7, 11) is 0. The van der Waals surface area contributed by atoms with Gasteiger partial charge in [0, 0.05) is 31.0 Å². The van der Waals surface area contributed by atoms with Gasteiger partial charge in [0.15, 0.2) is 5.69 Å². The summed E-state index contributed by atoms with van der Waals surface area (Å²) in [5.41, 5.74) is 0.765. The van der Waals surface area contributed by atoms with E-state index in [-0.39, 0.29) is 28.9 Å². The molecule has 7 heteroatoms. The number of carbonyl (C=O) groups excluding carboxylic acids is 1. The minimum atomic E-state index is -0.762. The van der Waals surface area contributed by atoms with E-state index in [1.165, 1.54) is 6.07 Å². The van der Waals surface area contributed by atoms with Crippen LogP contribution in [0.15, 0.2) is 23.0 Å². The largest absolute Gasteiger partial charge is 0.501 e. The molecule has 1 aromatic carbocycles. The van der Waals surface area contributed by atoms with Gasteiger partial charge in [-0.15, -0.1) is 0 Å². The zero-order valence-electron chi connectivity index (χ0n) is 18.4. The van der Waals surface area contributed by atoms with Gasteiger partial charge in [-0.25, -0.2) is 4.39 Å². The van der Waals surface area contributed by atoms with E-state index >= 15 is 0 Å². The number of benzene rings is 1. The number of aryl methyl sites for hydroxylation is 1. The number of hydrogen-bond acceptors (Lipinski definition) is 4. The molecule has 1 aromatic heterocycles. The molecule has 1 saturated carbocycles. The minimum Gasteiger partial charge on any atom is -0.501 e. The number of nitrogens with zero attached hydrogens (tertiary/aromatic N) is 3. The Balaban J connectivity index is 1.81. The average molecular weight is 428 g/mol. The molecule has 1 N–H and O–H groups in total. The van der Waals surface area contributed by atoms with E-state index in [1.807, 2.05) is 32.9 Å². The van der Waals surface area contributed by atoms with E-state index in [1.54, 1.807) is 9.47 Å². The second-order valence-electron chi connectivity index (χ2n) is 9.10. The second-order valence-corrected chi connectivity index (χ2v) is 9.10. The van der Waals surface area contributed by atoms with Gasteiger partial charge >= 0.3 is 5.56 Å². The molecule has 0 atom stereocenters. The van der Waals surface area contributed by atoms with Crippen LogP contribution in [0.5, 0.6) is 5.75 Å². The lowest BCUT2D eigenvalue weighted by molar-refractivity contribution is 0.0636. The summed E-state index contributed by atoms with van der Waals surface area (Å²) in [5, 5.41) is 10.4. The molecule has 0 bridgehead atoms. The predicted octanol–water partition coefficient (Wildman–Crippen LogP) is 3.57. The molecule has 1 aliphatic heterocycles. The second kappa shape index (κ2) is 8.09. The lowest BCUT2D eigenvalue weighted by Gasteiger charge is -2.36. The molecule has 1 amide bonds. The number of rotatable bonds is 5. The molecule has 1 fully saturated rings. The Morgan fingerprint density at radius 2 is 1.90 bits per heavy atom. The maximum atomic E-state index is 14.1. The van der Waals surface area contributed by atoms with Gasteiger partial charge in [0.05, 0.1) is 0 Å². The number of aromatic hydroxyl groups is 1. The van der Waals surface area contributed by atoms with Gasteiger partial charge in [0.25, 0.3) is 5.91 Å². The quantitative estimate of drug-likeness (QED) is 0.792. The maximum Gasteiger partial charge on any atom is 0.315 e. The third-order valence-electron chi connectivity index (χ3n) is 6.99. The van der Waals surface area contributed by atoms with Crippen molar-refractivity contribution >= 4 is 5.91 Å². The van der Waals surface area contributed by atoms with Crippen LogP contribution >= 0.6 is 0 Å². The summed E-state index contributed by atoms with van der Waals surface area (Å²) in [4.78, 5) is 31.4. The van der Waals surface area contributed by atoms with Crippen LogP contribution in [-0.2, 0) is 24.8 Å². The summed E-state index contributed by atoms with van der Waals surface area (Å²) >= 11 is 0. The standard InChI is InChI=1S/C24H30FN3O3/c1-4-16-13-17(7-8-18(16)25)24(9-5-6-10-24)14-19-26-22(30)21(29)20-23(31)27(15(2)3)11-12-28(19)20/h7-8,13,15,29H,4-6,9-12,14H2,1-3H3. The van der Waals surface area contributed by atoms with Gasteiger partial charge in [-0.05, 0) is 50.3 Å². The van der Waals surface area contributed by atoms with Crippen LogP contribution in [0.4, 0.5) is 4.39 Å². The molecule has 6 nitrogen and oxygen atoms in total. The highest BCUT2D eigenvalue weighted by Crippen LogP contribution is 2.44. The summed E-state index contributed by atoms with van der Waals surface area (Å²) in [6.07, 6.45) is 5.03. The topological polar surface area (TPSA) is 75.4 Å². The first kappa shape index (κ1) is 21.5. The van der Waals surface area contributed by atoms with Gasteiger partial charge in [0.1, 0.15) is 11.6 Å². The van der Waals surface area contributed by atoms with Crippen molar-refractivity contribution in [2.45, 2.75) is 77.3 Å². The molecule has 2 aromatic rings. The zero-order chi connectivity index (χ0) is 22.3. The SMILES string of the molecule is CCc1cc(C2(Cc3nc(=O)c(O)c4n3CCN(C(C)C)C4=O)CCCC2)ccc1F. The van der Waals surface area contributed by atoms with Crippen molar-refractivity contribution < 1.29 is 14.3 Å². The third-order valence-corrected chi connectivity index (χ3v) is 6.99. The van der Waals surface area contributed by atoms with Crippen molar-refractivity contribution in [2.75, 3.05) is 6.54 Å². The Hall–Kier alpha value is -2.70. The fourth-order valence-corrected chi connectivity index (χ4v) is 5.22. The smallest absolute Gasteiger partial charge is 0.315 e. The van der Waals surface area contributed by atoms with Gasteiger partial charge in [-0.2, -0.15) is 4.98 Å². The molecule has 166 valence electrons. The van der Waals surface area contributed by atoms with E-state index in [0.717, 1.165) is 31.2 Å². The minimum absolute atomic E-state index is 0.0276. The Labute approximate surface area is 181 Å². The first-order chi connectivity index (χ1) is 14.8. The van der Waals surface area contributed by atoms with Crippen molar-refractivity contribution in [3.63, 3.8) is 0 Å². The molecule has 4 rings (SSSR count). The molecule has 0 unspecified atom stereocenters. The normalized spacial score (nSPS) is 18.0. The Morgan fingerprint density at radius 1 is 1.19 bits per heavy atom. The van der Waals surface area contributed by atoms with Gasteiger partial charge < -0.3 is 14.6 Å². The maximum absolute atomic E-state index is 14.1. The fourth-order valence-electron chi connectivity index (χ4n) is 5.22. The van der Waals surface area contributed by atoms with Crippen LogP contribution in [0.1, 0.15) is 73.9 Å².